The molecule has 3 atom stereocenters. The number of carbonyl (C=O) groups excluding carboxylic acids is 2. The Hall–Kier alpha value is -2.61. The summed E-state index contributed by atoms with van der Waals surface area (Å²) in [5.74, 6) is 1.08. The summed E-state index contributed by atoms with van der Waals surface area (Å²) < 4.78 is 5.70. The molecule has 0 saturated heterocycles. The Kier molecular flexibility index (Phi) is 3.84. The lowest BCUT2D eigenvalue weighted by molar-refractivity contribution is -0.122. The number of anilines is 2. The van der Waals surface area contributed by atoms with Gasteiger partial charge in [-0.15, -0.1) is 0 Å². The number of amides is 2. The van der Waals surface area contributed by atoms with Gasteiger partial charge in [-0.3, -0.25) is 9.59 Å². The number of carbonyl (C=O) groups is 2. The second-order valence-electron chi connectivity index (χ2n) is 6.78. The van der Waals surface area contributed by atoms with E-state index >= 15 is 0 Å². The topological polar surface area (TPSA) is 109 Å². The van der Waals surface area contributed by atoms with Crippen molar-refractivity contribution >= 4 is 29.0 Å². The summed E-state index contributed by atoms with van der Waals surface area (Å²) in [4.78, 5) is 26.2. The number of hydrogen-bond acceptors (Lipinski definition) is 6. The van der Waals surface area contributed by atoms with Gasteiger partial charge in [0.2, 0.25) is 5.91 Å². The summed E-state index contributed by atoms with van der Waals surface area (Å²) >= 11 is 0. The van der Waals surface area contributed by atoms with Crippen molar-refractivity contribution in [2.24, 2.45) is 16.8 Å². The minimum atomic E-state index is -0.395. The van der Waals surface area contributed by atoms with Crippen molar-refractivity contribution in [2.45, 2.75) is 38.3 Å². The number of nitrogens with one attached hydrogen (secondary N) is 2. The van der Waals surface area contributed by atoms with Crippen LogP contribution in [0.2, 0.25) is 0 Å². The van der Waals surface area contributed by atoms with Gasteiger partial charge in [-0.05, 0) is 44.4 Å². The van der Waals surface area contributed by atoms with Crippen molar-refractivity contribution < 1.29 is 14.3 Å². The second kappa shape index (κ2) is 6.03. The number of amidine groups is 1. The van der Waals surface area contributed by atoms with Crippen molar-refractivity contribution in [3.8, 4) is 5.75 Å². The lowest BCUT2D eigenvalue weighted by Gasteiger charge is -2.38. The molecule has 1 aliphatic carbocycles. The van der Waals surface area contributed by atoms with Gasteiger partial charge in [0.1, 0.15) is 18.4 Å². The highest BCUT2D eigenvalue weighted by Crippen LogP contribution is 2.37. The molecule has 2 amide bonds. The molecular formula is C17H21N5O3. The van der Waals surface area contributed by atoms with Crippen LogP contribution in [0.5, 0.6) is 5.75 Å². The van der Waals surface area contributed by atoms with Gasteiger partial charge in [0.15, 0.2) is 5.84 Å². The fraction of sp³-hybridized carbons (Fsp3) is 0.471. The monoisotopic (exact) mass is 343 g/mol. The van der Waals surface area contributed by atoms with Crippen molar-refractivity contribution in [2.75, 3.05) is 16.8 Å². The summed E-state index contributed by atoms with van der Waals surface area (Å²) in [5, 5.41) is 7.02. The van der Waals surface area contributed by atoms with E-state index in [-0.39, 0.29) is 23.8 Å². The number of fused-ring (bicyclic) bond motifs is 3. The molecule has 25 heavy (non-hydrogen) atoms. The number of hydrogen-bond donors (Lipinski definition) is 3. The van der Waals surface area contributed by atoms with Crippen LogP contribution in [-0.4, -0.2) is 36.3 Å². The molecule has 0 spiro atoms. The molecule has 132 valence electrons. The maximum Gasteiger partial charge on any atom is 0.262 e. The molecule has 4 N–H and O–H groups in total. The lowest BCUT2D eigenvalue weighted by Crippen LogP contribution is -2.55. The Morgan fingerprint density at radius 2 is 2.28 bits per heavy atom. The van der Waals surface area contributed by atoms with Gasteiger partial charge in [-0.2, -0.15) is 5.10 Å². The van der Waals surface area contributed by atoms with Gasteiger partial charge in [0, 0.05) is 17.6 Å². The molecule has 3 aliphatic rings. The summed E-state index contributed by atoms with van der Waals surface area (Å²) in [6.45, 7) is 2.10. The molecule has 8 nitrogen and oxygen atoms in total. The summed E-state index contributed by atoms with van der Waals surface area (Å²) in [5.41, 5.74) is 9.79. The normalized spacial score (nSPS) is 27.6. The van der Waals surface area contributed by atoms with Gasteiger partial charge in [-0.1, -0.05) is 0 Å². The zero-order chi connectivity index (χ0) is 17.6. The quantitative estimate of drug-likeness (QED) is 0.735. The minimum absolute atomic E-state index is 0.0112. The van der Waals surface area contributed by atoms with E-state index in [0.29, 0.717) is 23.9 Å². The van der Waals surface area contributed by atoms with Crippen molar-refractivity contribution in [1.82, 2.24) is 5.43 Å². The van der Waals surface area contributed by atoms with Crippen LogP contribution in [0, 0.1) is 5.92 Å². The predicted octanol–water partition coefficient (Wildman–Crippen LogP) is 0.783. The SMILES string of the molecule is C[C@@H]1C(=O)NN=C2COc3ccc(NC(=O)[C@@H]4CC[C@H](N)C4)cc3N21. The Bertz CT molecular complexity index is 763. The maximum atomic E-state index is 12.4. The van der Waals surface area contributed by atoms with Crippen LogP contribution in [-0.2, 0) is 9.59 Å². The number of hydrazone groups is 1. The highest BCUT2D eigenvalue weighted by atomic mass is 16.5. The molecule has 2 heterocycles. The molecule has 0 bridgehead atoms. The van der Waals surface area contributed by atoms with E-state index in [1.54, 1.807) is 6.07 Å². The maximum absolute atomic E-state index is 12.4. The predicted molar refractivity (Wildman–Crippen MR) is 93.4 cm³/mol. The van der Waals surface area contributed by atoms with E-state index in [9.17, 15) is 9.59 Å². The molecule has 4 rings (SSSR count). The number of nitrogens with zero attached hydrogens (tertiary/aromatic N) is 2. The van der Waals surface area contributed by atoms with Crippen LogP contribution in [0.3, 0.4) is 0 Å². The summed E-state index contributed by atoms with van der Waals surface area (Å²) in [6.07, 6.45) is 2.43. The number of ether oxygens (including phenoxy) is 1. The van der Waals surface area contributed by atoms with E-state index in [4.69, 9.17) is 10.5 Å². The van der Waals surface area contributed by atoms with Crippen molar-refractivity contribution in [1.29, 1.82) is 0 Å². The molecule has 1 aromatic carbocycles. The van der Waals surface area contributed by atoms with Gasteiger partial charge in [0.25, 0.3) is 5.91 Å². The van der Waals surface area contributed by atoms with Gasteiger partial charge in [-0.25, -0.2) is 5.43 Å². The van der Waals surface area contributed by atoms with Crippen molar-refractivity contribution in [3.05, 3.63) is 18.2 Å². The van der Waals surface area contributed by atoms with Crippen molar-refractivity contribution in [3.63, 3.8) is 0 Å². The first-order valence-electron chi connectivity index (χ1n) is 8.52. The molecule has 1 saturated carbocycles. The lowest BCUT2D eigenvalue weighted by atomic mass is 10.1. The Labute approximate surface area is 145 Å². The molecule has 8 heteroatoms. The third kappa shape index (κ3) is 2.82. The van der Waals surface area contributed by atoms with Crippen LogP contribution < -0.4 is 26.1 Å². The third-order valence-electron chi connectivity index (χ3n) is 5.03. The summed E-state index contributed by atoms with van der Waals surface area (Å²) in [7, 11) is 0. The standard InChI is InChI=1S/C17H21N5O3/c1-9-16(23)21-20-15-8-25-14-5-4-12(7-13(14)22(9)15)19-17(24)10-2-3-11(18)6-10/h4-5,7,9-11H,2-3,6,8,18H2,1H3,(H,19,24)(H,21,23)/t9-,10-,11+/m1/s1. The van der Waals surface area contributed by atoms with Crippen LogP contribution in [0.15, 0.2) is 23.3 Å². The zero-order valence-electron chi connectivity index (χ0n) is 14.0. The van der Waals surface area contributed by atoms with Gasteiger partial charge in [0.05, 0.1) is 5.69 Å². The molecule has 2 aliphatic heterocycles. The zero-order valence-corrected chi connectivity index (χ0v) is 14.0. The second-order valence-corrected chi connectivity index (χ2v) is 6.78. The molecule has 0 aromatic heterocycles. The number of benzene rings is 1. The minimum Gasteiger partial charge on any atom is -0.483 e. The van der Waals surface area contributed by atoms with E-state index in [1.807, 2.05) is 24.0 Å². The molecule has 1 fully saturated rings. The van der Waals surface area contributed by atoms with Crippen LogP contribution in [0.25, 0.3) is 0 Å². The largest absolute Gasteiger partial charge is 0.483 e. The first-order valence-corrected chi connectivity index (χ1v) is 8.52. The Balaban J connectivity index is 1.59. The smallest absolute Gasteiger partial charge is 0.262 e. The molecule has 0 radical (unpaired) electrons. The number of nitrogens with two attached hydrogens (primary N) is 1. The average molecular weight is 343 g/mol. The molecule has 0 unspecified atom stereocenters. The first-order chi connectivity index (χ1) is 12.0. The highest BCUT2D eigenvalue weighted by Gasteiger charge is 2.35. The highest BCUT2D eigenvalue weighted by molar-refractivity contribution is 6.09. The van der Waals surface area contributed by atoms with E-state index in [1.165, 1.54) is 0 Å². The van der Waals surface area contributed by atoms with Gasteiger partial charge < -0.3 is 20.7 Å². The Morgan fingerprint density at radius 3 is 3.04 bits per heavy atom. The molecular weight excluding hydrogens is 322 g/mol. The fourth-order valence-electron chi connectivity index (χ4n) is 3.60. The third-order valence-corrected chi connectivity index (χ3v) is 5.03. The van der Waals surface area contributed by atoms with Crippen LogP contribution in [0.4, 0.5) is 11.4 Å². The van der Waals surface area contributed by atoms with E-state index < -0.39 is 6.04 Å². The fourth-order valence-corrected chi connectivity index (χ4v) is 3.60. The number of rotatable bonds is 2. The Morgan fingerprint density at radius 1 is 1.44 bits per heavy atom. The van der Waals surface area contributed by atoms with E-state index in [2.05, 4.69) is 15.8 Å². The molecule has 1 aromatic rings. The van der Waals surface area contributed by atoms with E-state index in [0.717, 1.165) is 24.9 Å². The van der Waals surface area contributed by atoms with Crippen LogP contribution in [0.1, 0.15) is 26.2 Å². The first kappa shape index (κ1) is 15.9. The van der Waals surface area contributed by atoms with Crippen LogP contribution >= 0.6 is 0 Å². The van der Waals surface area contributed by atoms with Gasteiger partial charge >= 0.3 is 0 Å². The summed E-state index contributed by atoms with van der Waals surface area (Å²) in [6, 6.07) is 5.16. The average Bonchev–Trinajstić information content (AvgIpc) is 3.04.